The van der Waals surface area contributed by atoms with Crippen LogP contribution in [0.1, 0.15) is 25.8 Å². The van der Waals surface area contributed by atoms with Gasteiger partial charge in [-0.3, -0.25) is 4.79 Å². The highest BCUT2D eigenvalue weighted by Gasteiger charge is 2.04. The standard InChI is InChI=1S/C12H18N2O/c1-9(2)7-12(15)14-11-5-3-10(8-13)4-6-11/h3-6,9H,7-8,13H2,1-2H3,(H,14,15). The summed E-state index contributed by atoms with van der Waals surface area (Å²) in [5.74, 6) is 0.443. The number of hydrogen-bond acceptors (Lipinski definition) is 2. The van der Waals surface area contributed by atoms with E-state index in [1.165, 1.54) is 0 Å². The van der Waals surface area contributed by atoms with Gasteiger partial charge in [-0.25, -0.2) is 0 Å². The second-order valence-corrected chi connectivity index (χ2v) is 4.05. The summed E-state index contributed by atoms with van der Waals surface area (Å²) in [6.07, 6.45) is 0.554. The smallest absolute Gasteiger partial charge is 0.224 e. The number of anilines is 1. The molecule has 1 aromatic carbocycles. The molecule has 0 saturated heterocycles. The van der Waals surface area contributed by atoms with Crippen molar-refractivity contribution in [1.29, 1.82) is 0 Å². The molecule has 3 N–H and O–H groups in total. The average molecular weight is 206 g/mol. The monoisotopic (exact) mass is 206 g/mol. The summed E-state index contributed by atoms with van der Waals surface area (Å²) in [7, 11) is 0. The Hall–Kier alpha value is -1.35. The third-order valence-corrected chi connectivity index (χ3v) is 2.07. The second-order valence-electron chi connectivity index (χ2n) is 4.05. The van der Waals surface area contributed by atoms with E-state index in [1.54, 1.807) is 0 Å². The Balaban J connectivity index is 2.53. The van der Waals surface area contributed by atoms with Crippen LogP contribution in [0.25, 0.3) is 0 Å². The zero-order valence-corrected chi connectivity index (χ0v) is 9.29. The normalized spacial score (nSPS) is 10.4. The highest BCUT2D eigenvalue weighted by atomic mass is 16.1. The molecule has 1 rings (SSSR count). The number of amides is 1. The van der Waals surface area contributed by atoms with Crippen molar-refractivity contribution in [3.63, 3.8) is 0 Å². The maximum atomic E-state index is 11.4. The van der Waals surface area contributed by atoms with E-state index in [9.17, 15) is 4.79 Å². The summed E-state index contributed by atoms with van der Waals surface area (Å²) in [6.45, 7) is 4.58. The summed E-state index contributed by atoms with van der Waals surface area (Å²) in [5, 5.41) is 2.84. The van der Waals surface area contributed by atoms with Crippen molar-refractivity contribution in [3.05, 3.63) is 29.8 Å². The number of rotatable bonds is 4. The summed E-state index contributed by atoms with van der Waals surface area (Å²) >= 11 is 0. The van der Waals surface area contributed by atoms with Gasteiger partial charge in [-0.15, -0.1) is 0 Å². The topological polar surface area (TPSA) is 55.1 Å². The molecule has 1 aromatic rings. The lowest BCUT2D eigenvalue weighted by molar-refractivity contribution is -0.116. The zero-order chi connectivity index (χ0) is 11.3. The van der Waals surface area contributed by atoms with Crippen LogP contribution in [0.2, 0.25) is 0 Å². The van der Waals surface area contributed by atoms with Crippen LogP contribution in [0.3, 0.4) is 0 Å². The fraction of sp³-hybridized carbons (Fsp3) is 0.417. The molecule has 0 aliphatic carbocycles. The molecular formula is C12H18N2O. The van der Waals surface area contributed by atoms with Gasteiger partial charge in [0.05, 0.1) is 0 Å². The summed E-state index contributed by atoms with van der Waals surface area (Å²) < 4.78 is 0. The molecule has 0 fully saturated rings. The van der Waals surface area contributed by atoms with Crippen LogP contribution >= 0.6 is 0 Å². The first-order valence-electron chi connectivity index (χ1n) is 5.20. The van der Waals surface area contributed by atoms with Crippen LogP contribution < -0.4 is 11.1 Å². The number of benzene rings is 1. The van der Waals surface area contributed by atoms with Crippen LogP contribution in [0.4, 0.5) is 5.69 Å². The number of nitrogens with one attached hydrogen (secondary N) is 1. The van der Waals surface area contributed by atoms with Crippen molar-refractivity contribution in [2.24, 2.45) is 11.7 Å². The molecule has 0 saturated carbocycles. The Morgan fingerprint density at radius 3 is 2.40 bits per heavy atom. The minimum atomic E-state index is 0.0606. The summed E-state index contributed by atoms with van der Waals surface area (Å²) in [6, 6.07) is 7.59. The first kappa shape index (κ1) is 11.7. The molecule has 15 heavy (non-hydrogen) atoms. The van der Waals surface area contributed by atoms with Crippen molar-refractivity contribution in [3.8, 4) is 0 Å². The minimum Gasteiger partial charge on any atom is -0.326 e. The Kier molecular flexibility index (Phi) is 4.31. The molecule has 0 atom stereocenters. The number of nitrogens with two attached hydrogens (primary N) is 1. The van der Waals surface area contributed by atoms with Gasteiger partial charge in [0.15, 0.2) is 0 Å². The number of carbonyl (C=O) groups excluding carboxylic acids is 1. The Labute approximate surface area is 90.7 Å². The van der Waals surface area contributed by atoms with Crippen LogP contribution in [0.5, 0.6) is 0 Å². The van der Waals surface area contributed by atoms with Crippen molar-refractivity contribution in [2.45, 2.75) is 26.8 Å². The SMILES string of the molecule is CC(C)CC(=O)Nc1ccc(CN)cc1. The number of carbonyl (C=O) groups is 1. The first-order chi connectivity index (χ1) is 7.11. The Bertz CT molecular complexity index is 317. The molecule has 0 unspecified atom stereocenters. The summed E-state index contributed by atoms with van der Waals surface area (Å²) in [4.78, 5) is 11.4. The molecule has 0 bridgehead atoms. The molecule has 82 valence electrons. The van der Waals surface area contributed by atoms with Crippen molar-refractivity contribution in [1.82, 2.24) is 0 Å². The maximum Gasteiger partial charge on any atom is 0.224 e. The van der Waals surface area contributed by atoms with Crippen LogP contribution in [0.15, 0.2) is 24.3 Å². The van der Waals surface area contributed by atoms with E-state index < -0.39 is 0 Å². The lowest BCUT2D eigenvalue weighted by Gasteiger charge is -2.07. The molecule has 0 spiro atoms. The van der Waals surface area contributed by atoms with Gasteiger partial charge in [0.2, 0.25) is 5.91 Å². The van der Waals surface area contributed by atoms with Gasteiger partial charge in [-0.1, -0.05) is 26.0 Å². The fourth-order valence-corrected chi connectivity index (χ4v) is 1.31. The van der Waals surface area contributed by atoms with Gasteiger partial charge in [-0.05, 0) is 23.6 Å². The molecule has 0 radical (unpaired) electrons. The van der Waals surface area contributed by atoms with Crippen LogP contribution in [0, 0.1) is 5.92 Å². The van der Waals surface area contributed by atoms with Gasteiger partial charge in [0, 0.05) is 18.7 Å². The van der Waals surface area contributed by atoms with Gasteiger partial charge in [0.25, 0.3) is 0 Å². The third-order valence-electron chi connectivity index (χ3n) is 2.07. The highest BCUT2D eigenvalue weighted by Crippen LogP contribution is 2.10. The van der Waals surface area contributed by atoms with Crippen LogP contribution in [-0.2, 0) is 11.3 Å². The lowest BCUT2D eigenvalue weighted by atomic mass is 10.1. The predicted molar refractivity (Wildman–Crippen MR) is 62.4 cm³/mol. The van der Waals surface area contributed by atoms with Crippen LogP contribution in [-0.4, -0.2) is 5.91 Å². The Morgan fingerprint density at radius 1 is 1.33 bits per heavy atom. The first-order valence-corrected chi connectivity index (χ1v) is 5.20. The third kappa shape index (κ3) is 4.13. The van der Waals surface area contributed by atoms with Gasteiger partial charge in [-0.2, -0.15) is 0 Å². The zero-order valence-electron chi connectivity index (χ0n) is 9.29. The Morgan fingerprint density at radius 2 is 1.93 bits per heavy atom. The highest BCUT2D eigenvalue weighted by molar-refractivity contribution is 5.90. The summed E-state index contributed by atoms with van der Waals surface area (Å²) in [5.41, 5.74) is 7.38. The molecule has 0 aromatic heterocycles. The van der Waals surface area contributed by atoms with E-state index in [-0.39, 0.29) is 5.91 Å². The quantitative estimate of drug-likeness (QED) is 0.793. The second kappa shape index (κ2) is 5.51. The van der Waals surface area contributed by atoms with E-state index >= 15 is 0 Å². The van der Waals surface area contributed by atoms with Gasteiger partial charge in [0.1, 0.15) is 0 Å². The van der Waals surface area contributed by atoms with Gasteiger partial charge >= 0.3 is 0 Å². The van der Waals surface area contributed by atoms with Crippen molar-refractivity contribution < 1.29 is 4.79 Å². The lowest BCUT2D eigenvalue weighted by Crippen LogP contribution is -2.13. The van der Waals surface area contributed by atoms with Crippen molar-refractivity contribution >= 4 is 11.6 Å². The molecule has 0 aliphatic rings. The molecule has 1 amide bonds. The predicted octanol–water partition coefficient (Wildman–Crippen LogP) is 2.13. The molecule has 0 aliphatic heterocycles. The molecular weight excluding hydrogens is 188 g/mol. The molecule has 3 nitrogen and oxygen atoms in total. The average Bonchev–Trinajstić information content (AvgIpc) is 2.17. The van der Waals surface area contributed by atoms with Crippen molar-refractivity contribution in [2.75, 3.05) is 5.32 Å². The molecule has 0 heterocycles. The van der Waals surface area contributed by atoms with E-state index in [4.69, 9.17) is 5.73 Å². The molecule has 3 heteroatoms. The van der Waals surface area contributed by atoms with E-state index in [1.807, 2.05) is 38.1 Å². The van der Waals surface area contributed by atoms with E-state index in [0.29, 0.717) is 18.9 Å². The van der Waals surface area contributed by atoms with E-state index in [2.05, 4.69) is 5.32 Å². The van der Waals surface area contributed by atoms with E-state index in [0.717, 1.165) is 11.3 Å². The number of hydrogen-bond donors (Lipinski definition) is 2. The maximum absolute atomic E-state index is 11.4. The van der Waals surface area contributed by atoms with Gasteiger partial charge < -0.3 is 11.1 Å². The minimum absolute atomic E-state index is 0.0606. The fourth-order valence-electron chi connectivity index (χ4n) is 1.31. The largest absolute Gasteiger partial charge is 0.326 e.